The summed E-state index contributed by atoms with van der Waals surface area (Å²) in [5.74, 6) is -0.0912. The van der Waals surface area contributed by atoms with Crippen LogP contribution in [0, 0.1) is 5.41 Å². The number of carbonyl (C=O) groups excluding carboxylic acids is 1. The average Bonchev–Trinajstić information content (AvgIpc) is 2.37. The summed E-state index contributed by atoms with van der Waals surface area (Å²) >= 11 is 0. The number of anilines is 1. The molecule has 0 bridgehead atoms. The lowest BCUT2D eigenvalue weighted by Gasteiger charge is -2.27. The summed E-state index contributed by atoms with van der Waals surface area (Å²) in [6.07, 6.45) is 4.61. The van der Waals surface area contributed by atoms with E-state index in [0.717, 1.165) is 18.5 Å². The molecule has 3 heteroatoms. The Bertz CT molecular complexity index is 474. The first-order chi connectivity index (χ1) is 8.89. The van der Waals surface area contributed by atoms with Gasteiger partial charge in [-0.05, 0) is 48.3 Å². The number of fused-ring (bicyclic) bond motifs is 1. The molecule has 3 N–H and O–H groups in total. The quantitative estimate of drug-likeness (QED) is 0.859. The van der Waals surface area contributed by atoms with Gasteiger partial charge < -0.3 is 11.1 Å². The van der Waals surface area contributed by atoms with Crippen LogP contribution in [-0.4, -0.2) is 11.9 Å². The van der Waals surface area contributed by atoms with Crippen LogP contribution in [0.25, 0.3) is 0 Å². The lowest BCUT2D eigenvalue weighted by atomic mass is 9.86. The van der Waals surface area contributed by atoms with Crippen molar-refractivity contribution in [1.29, 1.82) is 0 Å². The maximum atomic E-state index is 12.2. The van der Waals surface area contributed by atoms with Crippen LogP contribution in [0.3, 0.4) is 0 Å². The standard InChI is InChI=1S/C16H24N2O/c1-16(2,3)14(17)15(19)18-13-10-6-8-11-7-4-5-9-12(11)13/h6,8,10,14H,4-5,7,9,17H2,1-3H3,(H,18,19)/t14-/m1/s1. The van der Waals surface area contributed by atoms with Crippen LogP contribution in [-0.2, 0) is 17.6 Å². The molecule has 0 saturated heterocycles. The highest BCUT2D eigenvalue weighted by Crippen LogP contribution is 2.28. The Morgan fingerprint density at radius 2 is 1.95 bits per heavy atom. The Morgan fingerprint density at radius 1 is 1.26 bits per heavy atom. The first-order valence-corrected chi connectivity index (χ1v) is 7.07. The molecule has 0 heterocycles. The first-order valence-electron chi connectivity index (χ1n) is 7.07. The predicted molar refractivity (Wildman–Crippen MR) is 79.1 cm³/mol. The molecule has 19 heavy (non-hydrogen) atoms. The Morgan fingerprint density at radius 3 is 2.63 bits per heavy atom. The van der Waals surface area contributed by atoms with Gasteiger partial charge in [-0.3, -0.25) is 4.79 Å². The Balaban J connectivity index is 2.18. The van der Waals surface area contributed by atoms with E-state index in [1.165, 1.54) is 24.0 Å². The highest BCUT2D eigenvalue weighted by molar-refractivity contribution is 5.96. The zero-order chi connectivity index (χ0) is 14.0. The molecule has 1 aliphatic rings. The van der Waals surface area contributed by atoms with E-state index >= 15 is 0 Å². The molecule has 1 aromatic carbocycles. The maximum absolute atomic E-state index is 12.2. The largest absolute Gasteiger partial charge is 0.324 e. The molecule has 104 valence electrons. The van der Waals surface area contributed by atoms with E-state index in [-0.39, 0.29) is 11.3 Å². The summed E-state index contributed by atoms with van der Waals surface area (Å²) in [5, 5.41) is 3.01. The highest BCUT2D eigenvalue weighted by atomic mass is 16.2. The van der Waals surface area contributed by atoms with Gasteiger partial charge in [-0.1, -0.05) is 32.9 Å². The molecule has 0 fully saturated rings. The van der Waals surface area contributed by atoms with Gasteiger partial charge in [0.25, 0.3) is 0 Å². The van der Waals surface area contributed by atoms with Crippen LogP contribution >= 0.6 is 0 Å². The van der Waals surface area contributed by atoms with E-state index in [2.05, 4.69) is 11.4 Å². The molecule has 0 aliphatic heterocycles. The molecule has 0 saturated carbocycles. The topological polar surface area (TPSA) is 55.1 Å². The highest BCUT2D eigenvalue weighted by Gasteiger charge is 2.28. The zero-order valence-electron chi connectivity index (χ0n) is 12.1. The van der Waals surface area contributed by atoms with E-state index in [9.17, 15) is 4.79 Å². The smallest absolute Gasteiger partial charge is 0.241 e. The molecular weight excluding hydrogens is 236 g/mol. The molecule has 1 amide bonds. The molecule has 1 atom stereocenters. The number of nitrogens with two attached hydrogens (primary N) is 1. The molecule has 0 aromatic heterocycles. The van der Waals surface area contributed by atoms with Crippen molar-refractivity contribution in [3.8, 4) is 0 Å². The lowest BCUT2D eigenvalue weighted by molar-refractivity contribution is -0.119. The van der Waals surface area contributed by atoms with Gasteiger partial charge in [0.1, 0.15) is 0 Å². The molecule has 3 nitrogen and oxygen atoms in total. The zero-order valence-corrected chi connectivity index (χ0v) is 12.1. The maximum Gasteiger partial charge on any atom is 0.241 e. The Hall–Kier alpha value is -1.35. The van der Waals surface area contributed by atoms with Crippen molar-refractivity contribution in [3.63, 3.8) is 0 Å². The summed E-state index contributed by atoms with van der Waals surface area (Å²) < 4.78 is 0. The molecule has 0 radical (unpaired) electrons. The minimum atomic E-state index is -0.494. The number of nitrogens with one attached hydrogen (secondary N) is 1. The van der Waals surface area contributed by atoms with Gasteiger partial charge in [-0.25, -0.2) is 0 Å². The molecular formula is C16H24N2O. The van der Waals surface area contributed by atoms with Gasteiger partial charge in [-0.15, -0.1) is 0 Å². The second-order valence-corrected chi connectivity index (χ2v) is 6.48. The summed E-state index contributed by atoms with van der Waals surface area (Å²) in [7, 11) is 0. The van der Waals surface area contributed by atoms with Crippen molar-refractivity contribution in [2.45, 2.75) is 52.5 Å². The van der Waals surface area contributed by atoms with Crippen molar-refractivity contribution in [1.82, 2.24) is 0 Å². The minimum Gasteiger partial charge on any atom is -0.324 e. The van der Waals surface area contributed by atoms with Crippen molar-refractivity contribution in [2.24, 2.45) is 11.1 Å². The van der Waals surface area contributed by atoms with E-state index in [4.69, 9.17) is 5.73 Å². The van der Waals surface area contributed by atoms with Crippen LogP contribution in [0.4, 0.5) is 5.69 Å². The fraction of sp³-hybridized carbons (Fsp3) is 0.562. The number of benzene rings is 1. The SMILES string of the molecule is CC(C)(C)[C@H](N)C(=O)Nc1cccc2c1CCCC2. The van der Waals surface area contributed by atoms with E-state index in [1.54, 1.807) is 0 Å². The van der Waals surface area contributed by atoms with Crippen LogP contribution in [0.2, 0.25) is 0 Å². The van der Waals surface area contributed by atoms with Gasteiger partial charge in [0, 0.05) is 5.69 Å². The fourth-order valence-corrected chi connectivity index (χ4v) is 2.50. The third-order valence-electron chi connectivity index (χ3n) is 3.87. The lowest BCUT2D eigenvalue weighted by Crippen LogP contribution is -2.45. The van der Waals surface area contributed by atoms with E-state index < -0.39 is 6.04 Å². The van der Waals surface area contributed by atoms with Crippen molar-refractivity contribution < 1.29 is 4.79 Å². The van der Waals surface area contributed by atoms with E-state index in [0.29, 0.717) is 0 Å². The summed E-state index contributed by atoms with van der Waals surface area (Å²) in [6, 6.07) is 5.67. The predicted octanol–water partition coefficient (Wildman–Crippen LogP) is 2.88. The minimum absolute atomic E-state index is 0.0912. The van der Waals surface area contributed by atoms with Crippen molar-refractivity contribution in [2.75, 3.05) is 5.32 Å². The molecule has 0 unspecified atom stereocenters. The number of hydrogen-bond donors (Lipinski definition) is 2. The third kappa shape index (κ3) is 3.16. The van der Waals surface area contributed by atoms with Gasteiger partial charge in [0.05, 0.1) is 6.04 Å². The number of rotatable bonds is 2. The van der Waals surface area contributed by atoms with Gasteiger partial charge in [0.15, 0.2) is 0 Å². The average molecular weight is 260 g/mol. The van der Waals surface area contributed by atoms with Crippen molar-refractivity contribution >= 4 is 11.6 Å². The monoisotopic (exact) mass is 260 g/mol. The number of amides is 1. The molecule has 1 aliphatic carbocycles. The van der Waals surface area contributed by atoms with Crippen LogP contribution < -0.4 is 11.1 Å². The number of aryl methyl sites for hydroxylation is 1. The van der Waals surface area contributed by atoms with Gasteiger partial charge in [0.2, 0.25) is 5.91 Å². The Labute approximate surface area is 115 Å². The van der Waals surface area contributed by atoms with Crippen LogP contribution in [0.1, 0.15) is 44.7 Å². The molecule has 2 rings (SSSR count). The van der Waals surface area contributed by atoms with Crippen LogP contribution in [0.5, 0.6) is 0 Å². The number of carbonyl (C=O) groups is 1. The molecule has 1 aromatic rings. The second kappa shape index (κ2) is 5.33. The Kier molecular flexibility index (Phi) is 3.95. The first kappa shape index (κ1) is 14.1. The van der Waals surface area contributed by atoms with Gasteiger partial charge >= 0.3 is 0 Å². The van der Waals surface area contributed by atoms with Gasteiger partial charge in [-0.2, -0.15) is 0 Å². The molecule has 0 spiro atoms. The normalized spacial score (nSPS) is 16.6. The fourth-order valence-electron chi connectivity index (χ4n) is 2.50. The summed E-state index contributed by atoms with van der Waals surface area (Å²) in [4.78, 5) is 12.2. The summed E-state index contributed by atoms with van der Waals surface area (Å²) in [6.45, 7) is 5.95. The number of hydrogen-bond acceptors (Lipinski definition) is 2. The van der Waals surface area contributed by atoms with Crippen LogP contribution in [0.15, 0.2) is 18.2 Å². The third-order valence-corrected chi connectivity index (χ3v) is 3.87. The second-order valence-electron chi connectivity index (χ2n) is 6.48. The summed E-state index contributed by atoms with van der Waals surface area (Å²) in [5.41, 5.74) is 9.39. The van der Waals surface area contributed by atoms with E-state index in [1.807, 2.05) is 32.9 Å². The van der Waals surface area contributed by atoms with Crippen molar-refractivity contribution in [3.05, 3.63) is 29.3 Å².